The first-order chi connectivity index (χ1) is 14.1. The number of likely N-dealkylation sites (tertiary alicyclic amines) is 1. The SMILES string of the molecule is Cc1ncc(-c2ccncc2)c([C@@H]2CCCN(C(=O)Cc3ccccc3F)C2)n1. The number of carbonyl (C=O) groups excluding carboxylic acids is 1. The van der Waals surface area contributed by atoms with Crippen LogP contribution in [0.15, 0.2) is 55.0 Å². The molecule has 3 heterocycles. The number of halogens is 1. The molecule has 0 spiro atoms. The molecule has 4 rings (SSSR count). The van der Waals surface area contributed by atoms with Gasteiger partial charge in [0.05, 0.1) is 12.1 Å². The second kappa shape index (κ2) is 8.47. The van der Waals surface area contributed by atoms with Crippen molar-refractivity contribution in [2.24, 2.45) is 0 Å². The van der Waals surface area contributed by atoms with E-state index in [9.17, 15) is 9.18 Å². The van der Waals surface area contributed by atoms with Crippen LogP contribution in [0.4, 0.5) is 4.39 Å². The van der Waals surface area contributed by atoms with Gasteiger partial charge in [0.25, 0.3) is 0 Å². The van der Waals surface area contributed by atoms with Crippen LogP contribution < -0.4 is 0 Å². The molecule has 1 fully saturated rings. The van der Waals surface area contributed by atoms with Gasteiger partial charge in [0, 0.05) is 43.2 Å². The minimum Gasteiger partial charge on any atom is -0.342 e. The molecule has 0 aliphatic carbocycles. The van der Waals surface area contributed by atoms with Crippen molar-refractivity contribution in [3.05, 3.63) is 77.9 Å². The molecule has 0 radical (unpaired) electrons. The van der Waals surface area contributed by atoms with Crippen molar-refractivity contribution in [1.29, 1.82) is 0 Å². The number of piperidine rings is 1. The van der Waals surface area contributed by atoms with Crippen LogP contribution in [0.2, 0.25) is 0 Å². The highest BCUT2D eigenvalue weighted by Gasteiger charge is 2.28. The molecule has 6 heteroatoms. The summed E-state index contributed by atoms with van der Waals surface area (Å²) in [4.78, 5) is 27.9. The van der Waals surface area contributed by atoms with E-state index in [2.05, 4.69) is 9.97 Å². The smallest absolute Gasteiger partial charge is 0.227 e. The third-order valence-electron chi connectivity index (χ3n) is 5.39. The first kappa shape index (κ1) is 19.2. The van der Waals surface area contributed by atoms with Crippen molar-refractivity contribution in [2.75, 3.05) is 13.1 Å². The summed E-state index contributed by atoms with van der Waals surface area (Å²) in [5.74, 6) is 0.461. The maximum atomic E-state index is 14.0. The van der Waals surface area contributed by atoms with E-state index in [0.29, 0.717) is 24.5 Å². The van der Waals surface area contributed by atoms with E-state index < -0.39 is 0 Å². The van der Waals surface area contributed by atoms with Gasteiger partial charge in [0.15, 0.2) is 0 Å². The lowest BCUT2D eigenvalue weighted by molar-refractivity contribution is -0.131. The molecule has 1 amide bonds. The largest absolute Gasteiger partial charge is 0.342 e. The number of carbonyl (C=O) groups is 1. The van der Waals surface area contributed by atoms with Gasteiger partial charge >= 0.3 is 0 Å². The van der Waals surface area contributed by atoms with Gasteiger partial charge in [-0.1, -0.05) is 18.2 Å². The van der Waals surface area contributed by atoms with Crippen molar-refractivity contribution in [1.82, 2.24) is 19.9 Å². The minimum atomic E-state index is -0.333. The second-order valence-electron chi connectivity index (χ2n) is 7.40. The van der Waals surface area contributed by atoms with Crippen molar-refractivity contribution < 1.29 is 9.18 Å². The fraction of sp³-hybridized carbons (Fsp3) is 0.304. The number of pyridine rings is 1. The Morgan fingerprint density at radius 1 is 1.21 bits per heavy atom. The summed E-state index contributed by atoms with van der Waals surface area (Å²) in [5.41, 5.74) is 3.40. The molecule has 2 aromatic heterocycles. The summed E-state index contributed by atoms with van der Waals surface area (Å²) in [6.07, 6.45) is 7.30. The average Bonchev–Trinajstić information content (AvgIpc) is 2.76. The van der Waals surface area contributed by atoms with Gasteiger partial charge < -0.3 is 4.90 Å². The fourth-order valence-electron chi connectivity index (χ4n) is 3.90. The van der Waals surface area contributed by atoms with Crippen LogP contribution in [-0.2, 0) is 11.2 Å². The van der Waals surface area contributed by atoms with E-state index in [4.69, 9.17) is 4.98 Å². The predicted molar refractivity (Wildman–Crippen MR) is 109 cm³/mol. The lowest BCUT2D eigenvalue weighted by Gasteiger charge is -2.33. The molecule has 1 atom stereocenters. The monoisotopic (exact) mass is 390 g/mol. The van der Waals surface area contributed by atoms with E-state index in [0.717, 1.165) is 29.7 Å². The quantitative estimate of drug-likeness (QED) is 0.677. The molecule has 1 aliphatic heterocycles. The third-order valence-corrected chi connectivity index (χ3v) is 5.39. The molecule has 0 N–H and O–H groups in total. The summed E-state index contributed by atoms with van der Waals surface area (Å²) in [6.45, 7) is 3.16. The van der Waals surface area contributed by atoms with Gasteiger partial charge in [-0.25, -0.2) is 14.4 Å². The Morgan fingerprint density at radius 3 is 2.79 bits per heavy atom. The standard InChI is InChI=1S/C23H23FN4O/c1-16-26-14-20(17-8-10-25-11-9-17)23(27-16)19-6-4-12-28(15-19)22(29)13-18-5-2-3-7-21(18)24/h2-3,5,7-11,14,19H,4,6,12-13,15H2,1H3/t19-/m1/s1. The average molecular weight is 390 g/mol. The zero-order chi connectivity index (χ0) is 20.2. The molecular weight excluding hydrogens is 367 g/mol. The molecule has 0 unspecified atom stereocenters. The third kappa shape index (κ3) is 4.31. The maximum Gasteiger partial charge on any atom is 0.227 e. The summed E-state index contributed by atoms with van der Waals surface area (Å²) >= 11 is 0. The van der Waals surface area contributed by atoms with Crippen molar-refractivity contribution in [3.63, 3.8) is 0 Å². The molecular formula is C23H23FN4O. The second-order valence-corrected chi connectivity index (χ2v) is 7.40. The zero-order valence-electron chi connectivity index (χ0n) is 16.4. The highest BCUT2D eigenvalue weighted by Crippen LogP contribution is 2.33. The van der Waals surface area contributed by atoms with Crippen LogP contribution in [-0.4, -0.2) is 38.8 Å². The summed E-state index contributed by atoms with van der Waals surface area (Å²) in [5, 5.41) is 0. The van der Waals surface area contributed by atoms with E-state index >= 15 is 0 Å². The Kier molecular flexibility index (Phi) is 5.60. The van der Waals surface area contributed by atoms with E-state index in [1.54, 1.807) is 30.6 Å². The van der Waals surface area contributed by atoms with Gasteiger partial charge in [0.1, 0.15) is 11.6 Å². The molecule has 1 aromatic carbocycles. The Balaban J connectivity index is 1.57. The van der Waals surface area contributed by atoms with Gasteiger partial charge in [-0.2, -0.15) is 0 Å². The number of benzene rings is 1. The van der Waals surface area contributed by atoms with Crippen molar-refractivity contribution in [3.8, 4) is 11.1 Å². The topological polar surface area (TPSA) is 59.0 Å². The summed E-state index contributed by atoms with van der Waals surface area (Å²) in [6, 6.07) is 10.4. The Labute approximate surface area is 169 Å². The van der Waals surface area contributed by atoms with Gasteiger partial charge in [-0.15, -0.1) is 0 Å². The van der Waals surface area contributed by atoms with Crippen LogP contribution in [0, 0.1) is 12.7 Å². The van der Waals surface area contributed by atoms with Crippen LogP contribution in [0.1, 0.15) is 35.8 Å². The molecule has 0 saturated carbocycles. The lowest BCUT2D eigenvalue weighted by Crippen LogP contribution is -2.40. The van der Waals surface area contributed by atoms with Crippen LogP contribution in [0.3, 0.4) is 0 Å². The number of rotatable bonds is 4. The highest BCUT2D eigenvalue weighted by atomic mass is 19.1. The van der Waals surface area contributed by atoms with Gasteiger partial charge in [-0.3, -0.25) is 9.78 Å². The Morgan fingerprint density at radius 2 is 2.00 bits per heavy atom. The fourth-order valence-corrected chi connectivity index (χ4v) is 3.90. The molecule has 1 aliphatic rings. The van der Waals surface area contributed by atoms with E-state index in [1.165, 1.54) is 6.07 Å². The van der Waals surface area contributed by atoms with Gasteiger partial charge in [-0.05, 0) is 49.1 Å². The number of aromatic nitrogens is 3. The number of hydrogen-bond donors (Lipinski definition) is 0. The molecule has 5 nitrogen and oxygen atoms in total. The summed E-state index contributed by atoms with van der Waals surface area (Å²) in [7, 11) is 0. The van der Waals surface area contributed by atoms with Crippen LogP contribution in [0.25, 0.3) is 11.1 Å². The highest BCUT2D eigenvalue weighted by molar-refractivity contribution is 5.79. The Hall–Kier alpha value is -3.15. The van der Waals surface area contributed by atoms with Gasteiger partial charge in [0.2, 0.25) is 5.91 Å². The normalized spacial score (nSPS) is 16.6. The van der Waals surface area contributed by atoms with Crippen LogP contribution >= 0.6 is 0 Å². The molecule has 29 heavy (non-hydrogen) atoms. The summed E-state index contributed by atoms with van der Waals surface area (Å²) < 4.78 is 14.0. The van der Waals surface area contributed by atoms with E-state index in [1.807, 2.05) is 30.2 Å². The number of aryl methyl sites for hydroxylation is 1. The van der Waals surface area contributed by atoms with Crippen molar-refractivity contribution >= 4 is 5.91 Å². The van der Waals surface area contributed by atoms with Crippen molar-refractivity contribution in [2.45, 2.75) is 32.1 Å². The zero-order valence-corrected chi connectivity index (χ0v) is 16.4. The Bertz CT molecular complexity index is 1010. The first-order valence-electron chi connectivity index (χ1n) is 9.87. The van der Waals surface area contributed by atoms with E-state index in [-0.39, 0.29) is 24.1 Å². The number of amides is 1. The molecule has 3 aromatic rings. The maximum absolute atomic E-state index is 14.0. The molecule has 0 bridgehead atoms. The molecule has 1 saturated heterocycles. The lowest BCUT2D eigenvalue weighted by atomic mass is 9.90. The number of hydrogen-bond acceptors (Lipinski definition) is 4. The number of nitrogens with zero attached hydrogens (tertiary/aromatic N) is 4. The first-order valence-corrected chi connectivity index (χ1v) is 9.87. The minimum absolute atomic E-state index is 0.0453. The van der Waals surface area contributed by atoms with Crippen LogP contribution in [0.5, 0.6) is 0 Å². The predicted octanol–water partition coefficient (Wildman–Crippen LogP) is 3.93. The molecule has 148 valence electrons.